The number of alkyl halides is 3. The Morgan fingerprint density at radius 3 is 1.43 bits per heavy atom. The molecule has 0 aromatic heterocycles. The smallest absolute Gasteiger partial charge is 0.390 e. The Hall–Kier alpha value is -6.26. The fourth-order valence-corrected chi connectivity index (χ4v) is 11.3. The number of hydrogen-bond donors (Lipinski definition) is 6. The number of ketones is 1. The number of ether oxygens (including phenoxy) is 1. The number of Topliss-reactive ketones (excluding diaryl/α,β-unsaturated/α-hetero) is 1. The van der Waals surface area contributed by atoms with E-state index >= 15 is 14.4 Å². The summed E-state index contributed by atoms with van der Waals surface area (Å²) in [6.45, 7) is 29.5. The summed E-state index contributed by atoms with van der Waals surface area (Å²) in [5, 5.41) is 25.7. The molecule has 0 aromatic rings. The number of amides is 10. The third-order valence-electron chi connectivity index (χ3n) is 17.6. The van der Waals surface area contributed by atoms with Crippen molar-refractivity contribution in [1.82, 2.24) is 60.9 Å². The lowest BCUT2D eigenvalue weighted by atomic mass is 9.91. The normalized spacial score (nSPS) is 16.5. The summed E-state index contributed by atoms with van der Waals surface area (Å²) in [4.78, 5) is 165. The number of likely N-dealkylation sites (N-methyl/N-ethyl adjacent to an activating group) is 8. The number of nitrogens with one attached hydrogen (secondary N) is 5. The monoisotopic (exact) mass is 1370 g/mol. The van der Waals surface area contributed by atoms with E-state index in [1.807, 2.05) is 41.5 Å². The summed E-state index contributed by atoms with van der Waals surface area (Å²) in [6, 6.07) is -12.8. The van der Waals surface area contributed by atoms with Crippen molar-refractivity contribution in [2.75, 3.05) is 82.7 Å². The van der Waals surface area contributed by atoms with Gasteiger partial charge >= 0.3 is 6.18 Å². The van der Waals surface area contributed by atoms with Crippen LogP contribution in [0.25, 0.3) is 0 Å². The lowest BCUT2D eigenvalue weighted by molar-refractivity contribution is -0.157. The van der Waals surface area contributed by atoms with Gasteiger partial charge in [0, 0.05) is 54.7 Å². The molecule has 28 heteroatoms. The first kappa shape index (κ1) is 89.7. The number of carbonyl (C=O) groups is 11. The molecule has 0 spiro atoms. The average molecular weight is 1370 g/mol. The van der Waals surface area contributed by atoms with Crippen molar-refractivity contribution >= 4 is 64.9 Å². The molecular weight excluding hydrogens is 1250 g/mol. The molecule has 0 radical (unpaired) electrons. The van der Waals surface area contributed by atoms with E-state index in [1.165, 1.54) is 94.6 Å². The molecule has 0 aliphatic rings. The highest BCUT2D eigenvalue weighted by molar-refractivity contribution is 5.99. The van der Waals surface area contributed by atoms with Gasteiger partial charge in [-0.25, -0.2) is 0 Å². The summed E-state index contributed by atoms with van der Waals surface area (Å²) in [5.41, 5.74) is 0. The number of aliphatic hydroxyl groups is 1. The highest BCUT2D eigenvalue weighted by Gasteiger charge is 2.46. The van der Waals surface area contributed by atoms with Crippen LogP contribution in [0, 0.1) is 41.4 Å². The Morgan fingerprint density at radius 2 is 0.979 bits per heavy atom. The Kier molecular flexibility index (Phi) is 39.1. The lowest BCUT2D eigenvalue weighted by Gasteiger charge is -2.41. The predicted molar refractivity (Wildman–Crippen MR) is 364 cm³/mol. The molecule has 0 aliphatic carbocycles. The van der Waals surface area contributed by atoms with E-state index in [9.17, 15) is 56.6 Å². The van der Waals surface area contributed by atoms with Crippen molar-refractivity contribution in [2.45, 2.75) is 235 Å². The predicted octanol–water partition coefficient (Wildman–Crippen LogP) is 4.09. The molecule has 0 aliphatic heterocycles. The van der Waals surface area contributed by atoms with E-state index in [0.29, 0.717) is 6.42 Å². The van der Waals surface area contributed by atoms with Crippen LogP contribution in [0.4, 0.5) is 13.2 Å². The van der Waals surface area contributed by atoms with E-state index in [2.05, 4.69) is 26.6 Å². The Morgan fingerprint density at radius 1 is 0.510 bits per heavy atom. The zero-order valence-corrected chi connectivity index (χ0v) is 62.6. The van der Waals surface area contributed by atoms with E-state index in [0.717, 1.165) is 9.80 Å². The van der Waals surface area contributed by atoms with Crippen LogP contribution in [-0.4, -0.2) is 266 Å². The molecule has 0 aromatic carbocycles. The summed E-state index contributed by atoms with van der Waals surface area (Å²) in [5.74, 6) is -9.53. The molecule has 554 valence electrons. The van der Waals surface area contributed by atoms with Crippen LogP contribution in [0.5, 0.6) is 0 Å². The Labute approximate surface area is 571 Å². The second-order valence-corrected chi connectivity index (χ2v) is 28.2. The van der Waals surface area contributed by atoms with Crippen LogP contribution in [-0.2, 0) is 57.5 Å². The number of rotatable bonds is 42. The third kappa shape index (κ3) is 27.9. The quantitative estimate of drug-likeness (QED) is 0.0371. The SMILES string of the molecule is C/C=C/C[C@@H](C)[C@@H](O)C(C(=O)N[C@@H](CC)C(=O)N(C)[C@H](C)C(C)=O)N(C)C(=O)[C@H](C(C)C)N(C)C(=O)[C@H](CC(C)C)N(C)C(=O)[C@H](CC(C)C)N(C)C(=O)[C@@H](C)NC(=O)[C@H](C)NC(=O)[C@H](CC(C)C)N(C)C(=O)[C@@H](NC(=O)[C@@H](NC)[C@H](C)COCCN(C)CC(F)(F)F)C(C)C. The number of nitrogens with zero attached hydrogens (tertiary/aromatic N) is 7. The van der Waals surface area contributed by atoms with Crippen molar-refractivity contribution in [3.63, 3.8) is 0 Å². The average Bonchev–Trinajstić information content (AvgIpc) is 0.818. The maximum Gasteiger partial charge on any atom is 0.401 e. The minimum absolute atomic E-state index is 0.00421. The van der Waals surface area contributed by atoms with Gasteiger partial charge in [-0.3, -0.25) is 57.6 Å². The van der Waals surface area contributed by atoms with Gasteiger partial charge in [-0.2, -0.15) is 13.2 Å². The molecule has 0 saturated heterocycles. The van der Waals surface area contributed by atoms with Crippen LogP contribution in [0.3, 0.4) is 0 Å². The first-order chi connectivity index (χ1) is 44.2. The van der Waals surface area contributed by atoms with Crippen LogP contribution in [0.15, 0.2) is 12.2 Å². The summed E-state index contributed by atoms with van der Waals surface area (Å²) in [6.07, 6.45) is -1.41. The number of halogens is 3. The van der Waals surface area contributed by atoms with Crippen molar-refractivity contribution in [2.24, 2.45) is 41.4 Å². The molecule has 0 fully saturated rings. The molecule has 6 N–H and O–H groups in total. The summed E-state index contributed by atoms with van der Waals surface area (Å²) < 4.78 is 44.0. The number of aliphatic hydroxyl groups excluding tert-OH is 1. The highest BCUT2D eigenvalue weighted by atomic mass is 19.4. The van der Waals surface area contributed by atoms with Gasteiger partial charge in [-0.1, -0.05) is 102 Å². The van der Waals surface area contributed by atoms with E-state index in [-0.39, 0.29) is 69.0 Å². The van der Waals surface area contributed by atoms with Crippen molar-refractivity contribution in [3.05, 3.63) is 12.2 Å². The van der Waals surface area contributed by atoms with Gasteiger partial charge in [0.2, 0.25) is 59.1 Å². The third-order valence-corrected chi connectivity index (χ3v) is 17.6. The fraction of sp³-hybridized carbons (Fsp3) is 0.809. The molecule has 0 heterocycles. The lowest BCUT2D eigenvalue weighted by Crippen LogP contribution is -2.63. The zero-order chi connectivity index (χ0) is 74.9. The van der Waals surface area contributed by atoms with Crippen LogP contribution >= 0.6 is 0 Å². The molecule has 25 nitrogen and oxygen atoms in total. The van der Waals surface area contributed by atoms with Gasteiger partial charge in [0.05, 0.1) is 37.9 Å². The second-order valence-electron chi connectivity index (χ2n) is 28.2. The summed E-state index contributed by atoms with van der Waals surface area (Å²) >= 11 is 0. The molecular formula is C68H123F3N12O13. The number of allylic oxidation sites excluding steroid dienone is 2. The molecule has 0 bridgehead atoms. The topological polar surface area (TPSA) is 300 Å². The molecule has 0 saturated carbocycles. The Bertz CT molecular complexity index is 2570. The van der Waals surface area contributed by atoms with Gasteiger partial charge in [-0.15, -0.1) is 0 Å². The van der Waals surface area contributed by atoms with E-state index < -0.39 is 168 Å². The van der Waals surface area contributed by atoms with Crippen molar-refractivity contribution < 1.29 is 75.8 Å². The minimum Gasteiger partial charge on any atom is -0.390 e. The maximum atomic E-state index is 15.1. The first-order valence-corrected chi connectivity index (χ1v) is 33.8. The summed E-state index contributed by atoms with van der Waals surface area (Å²) in [7, 11) is 11.4. The zero-order valence-electron chi connectivity index (χ0n) is 62.6. The maximum absolute atomic E-state index is 15.1. The molecule has 10 amide bonds. The van der Waals surface area contributed by atoms with Gasteiger partial charge in [-0.05, 0) is 116 Å². The fourth-order valence-electron chi connectivity index (χ4n) is 11.3. The minimum atomic E-state index is -4.37. The Balaban J connectivity index is 6.86. The van der Waals surface area contributed by atoms with Gasteiger partial charge in [0.25, 0.3) is 0 Å². The molecule has 0 rings (SSSR count). The van der Waals surface area contributed by atoms with Gasteiger partial charge in [0.15, 0.2) is 5.78 Å². The van der Waals surface area contributed by atoms with Gasteiger partial charge < -0.3 is 65.8 Å². The van der Waals surface area contributed by atoms with Crippen LogP contribution < -0.4 is 26.6 Å². The first-order valence-electron chi connectivity index (χ1n) is 33.8. The van der Waals surface area contributed by atoms with Crippen molar-refractivity contribution in [1.29, 1.82) is 0 Å². The van der Waals surface area contributed by atoms with Crippen LogP contribution in [0.2, 0.25) is 0 Å². The standard InChI is InChI=1S/C68H123F3N12O13/c1-27-29-30-43(13)57(85)56(61(89)75-49(28-2)63(91)78(21)47(17)48(18)84)83(26)67(95)55(42(11)12)82(25)65(93)52(35-40(7)8)81(24)64(92)51(34-39(5)6)80(23)62(90)46(16)74-58(86)45(15)73-59(87)50(33-38(3)4)79(22)66(94)53(41(9)10)76-60(88)54(72-19)44(14)36-96-32-31-77(20)37-68(69,70)71/h27,29,38-47,49-57,72,85H,28,30-37H2,1-26H3,(H,73,87)(H,74,86)(H,75,89)(H,76,88)/b29-27+/t43-,44-,45+,46-,47-,49+,50+,51+,52+,53+,54+,55+,56?,57-/m1/s1. The molecule has 1 unspecified atom stereocenters. The number of hydrogen-bond acceptors (Lipinski definition) is 15. The van der Waals surface area contributed by atoms with Gasteiger partial charge in [0.1, 0.15) is 54.4 Å². The van der Waals surface area contributed by atoms with Crippen LogP contribution in [0.1, 0.15) is 157 Å². The van der Waals surface area contributed by atoms with E-state index in [4.69, 9.17) is 4.74 Å². The van der Waals surface area contributed by atoms with E-state index in [1.54, 1.807) is 81.5 Å². The van der Waals surface area contributed by atoms with Crippen molar-refractivity contribution in [3.8, 4) is 0 Å². The number of carbonyl (C=O) groups excluding carboxylic acids is 11. The molecule has 14 atom stereocenters. The largest absolute Gasteiger partial charge is 0.401 e. The highest BCUT2D eigenvalue weighted by Crippen LogP contribution is 2.26. The second kappa shape index (κ2) is 41.9. The molecule has 96 heavy (non-hydrogen) atoms.